The minimum absolute atomic E-state index is 0.0188. The Morgan fingerprint density at radius 2 is 1.65 bits per heavy atom. The molecule has 0 spiro atoms. The molecule has 1 aliphatic carbocycles. The number of aryl methyl sites for hydroxylation is 3. The molecule has 2 heterocycles. The minimum atomic E-state index is -2.26. The number of hydrogen-bond donors (Lipinski definition) is 0. The topological polar surface area (TPSA) is 17.0 Å². The lowest BCUT2D eigenvalue weighted by molar-refractivity contribution is -0.660. The lowest BCUT2D eigenvalue weighted by Gasteiger charge is -2.42. The van der Waals surface area contributed by atoms with Crippen molar-refractivity contribution in [1.29, 1.82) is 0 Å². The van der Waals surface area contributed by atoms with Crippen molar-refractivity contribution in [2.75, 3.05) is 0 Å². The summed E-state index contributed by atoms with van der Waals surface area (Å²) in [5, 5.41) is 3.84. The van der Waals surface area contributed by atoms with E-state index in [0.717, 1.165) is 51.4 Å². The largest absolute Gasteiger partial charge is 0.454 e. The number of nitrogens with zero attached hydrogens (tertiary/aromatic N) is 1. The van der Waals surface area contributed by atoms with Gasteiger partial charge in [0.2, 0.25) is 5.69 Å². The Hall–Kier alpha value is -3.13. The molecule has 0 saturated carbocycles. The van der Waals surface area contributed by atoms with E-state index in [9.17, 15) is 0 Å². The summed E-state index contributed by atoms with van der Waals surface area (Å²) < 4.78 is 34.1. The minimum Gasteiger partial charge on any atom is -0.454 e. The van der Waals surface area contributed by atoms with E-state index in [1.54, 1.807) is 0 Å². The van der Waals surface area contributed by atoms with Gasteiger partial charge in [-0.2, -0.15) is 0 Å². The maximum absolute atomic E-state index is 8.40. The fourth-order valence-corrected chi connectivity index (χ4v) is 6.20. The molecule has 1 aliphatic rings. The number of aromatic nitrogens is 1. The van der Waals surface area contributed by atoms with Crippen LogP contribution in [0.3, 0.4) is 0 Å². The Morgan fingerprint density at radius 1 is 0.882 bits per heavy atom. The highest BCUT2D eigenvalue weighted by Crippen LogP contribution is 2.51. The quantitative estimate of drug-likeness (QED) is 0.235. The average Bonchev–Trinajstić information content (AvgIpc) is 3.20. The van der Waals surface area contributed by atoms with Crippen LogP contribution in [0.5, 0.6) is 0 Å². The van der Waals surface area contributed by atoms with Crippen LogP contribution in [0.4, 0.5) is 0 Å². The maximum Gasteiger partial charge on any atom is 0.216 e. The average molecular weight is 452 g/mol. The summed E-state index contributed by atoms with van der Waals surface area (Å²) in [5.41, 5.74) is 7.39. The molecular weight excluding hydrogens is 414 g/mol. The molecule has 2 heteroatoms. The van der Waals surface area contributed by atoms with Crippen LogP contribution >= 0.6 is 0 Å². The Kier molecular flexibility index (Phi) is 3.72. The SMILES string of the molecule is [2H]C([2H])([2H])c1cc(C)c(-c2cccc[n+]2C)c2oc3c(ccc4ccc5c(c43)C(C)(C)CCC5(C)C)c12. The molecule has 34 heavy (non-hydrogen) atoms. The summed E-state index contributed by atoms with van der Waals surface area (Å²) in [6.07, 6.45) is 4.23. The van der Waals surface area contributed by atoms with Crippen molar-refractivity contribution in [3.05, 3.63) is 77.0 Å². The number of fused-ring (bicyclic) bond motifs is 7. The van der Waals surface area contributed by atoms with Crippen LogP contribution in [-0.2, 0) is 17.9 Å². The van der Waals surface area contributed by atoms with Crippen LogP contribution < -0.4 is 4.57 Å². The van der Waals surface area contributed by atoms with Gasteiger partial charge in [-0.1, -0.05) is 52.0 Å². The molecule has 0 fully saturated rings. The van der Waals surface area contributed by atoms with Crippen molar-refractivity contribution < 1.29 is 13.1 Å². The van der Waals surface area contributed by atoms with E-state index in [4.69, 9.17) is 8.53 Å². The Morgan fingerprint density at radius 3 is 2.41 bits per heavy atom. The highest BCUT2D eigenvalue weighted by molar-refractivity contribution is 6.19. The van der Waals surface area contributed by atoms with Crippen LogP contribution in [0.25, 0.3) is 44.0 Å². The van der Waals surface area contributed by atoms with Crippen LogP contribution in [0.2, 0.25) is 0 Å². The van der Waals surface area contributed by atoms with E-state index in [-0.39, 0.29) is 10.8 Å². The first-order valence-electron chi connectivity index (χ1n) is 13.7. The Balaban J connectivity index is 1.87. The van der Waals surface area contributed by atoms with Gasteiger partial charge in [0.1, 0.15) is 18.2 Å². The summed E-state index contributed by atoms with van der Waals surface area (Å²) in [7, 11) is 2.01. The highest BCUT2D eigenvalue weighted by atomic mass is 16.3. The molecule has 0 bridgehead atoms. The van der Waals surface area contributed by atoms with Gasteiger partial charge in [-0.15, -0.1) is 0 Å². The monoisotopic (exact) mass is 451 g/mol. The maximum atomic E-state index is 8.40. The lowest BCUT2D eigenvalue weighted by Crippen LogP contribution is -2.34. The molecular formula is C32H34NO+. The third-order valence-corrected chi connectivity index (χ3v) is 8.18. The smallest absolute Gasteiger partial charge is 0.216 e. The molecule has 0 saturated heterocycles. The second-order valence-corrected chi connectivity index (χ2v) is 11.4. The molecule has 0 radical (unpaired) electrons. The zero-order valence-electron chi connectivity index (χ0n) is 24.0. The number of pyridine rings is 1. The molecule has 3 aromatic carbocycles. The fraction of sp³-hybridized carbons (Fsp3) is 0.344. The summed E-state index contributed by atoms with van der Waals surface area (Å²) >= 11 is 0. The third-order valence-electron chi connectivity index (χ3n) is 8.18. The Labute approximate surface area is 206 Å². The number of benzene rings is 3. The normalized spacial score (nSPS) is 18.6. The van der Waals surface area contributed by atoms with Crippen molar-refractivity contribution >= 4 is 32.7 Å². The van der Waals surface area contributed by atoms with Crippen molar-refractivity contribution in [3.8, 4) is 11.3 Å². The first-order valence-corrected chi connectivity index (χ1v) is 12.2. The van der Waals surface area contributed by atoms with Crippen LogP contribution in [0.15, 0.2) is 59.1 Å². The highest BCUT2D eigenvalue weighted by Gasteiger charge is 2.39. The van der Waals surface area contributed by atoms with E-state index in [1.165, 1.54) is 11.1 Å². The van der Waals surface area contributed by atoms with Crippen LogP contribution in [-0.4, -0.2) is 0 Å². The summed E-state index contributed by atoms with van der Waals surface area (Å²) in [6.45, 7) is 9.04. The summed E-state index contributed by atoms with van der Waals surface area (Å²) in [6, 6.07) is 16.6. The summed E-state index contributed by atoms with van der Waals surface area (Å²) in [4.78, 5) is 0. The zero-order chi connectivity index (χ0) is 26.5. The van der Waals surface area contributed by atoms with Gasteiger partial charge in [0, 0.05) is 32.4 Å². The molecule has 0 unspecified atom stereocenters. The second-order valence-electron chi connectivity index (χ2n) is 11.4. The van der Waals surface area contributed by atoms with Crippen molar-refractivity contribution in [1.82, 2.24) is 0 Å². The van der Waals surface area contributed by atoms with E-state index < -0.39 is 6.85 Å². The summed E-state index contributed by atoms with van der Waals surface area (Å²) in [5.74, 6) is 0. The molecule has 0 aliphatic heterocycles. The van der Waals surface area contributed by atoms with Crippen LogP contribution in [0.1, 0.15) is 66.9 Å². The van der Waals surface area contributed by atoms with Gasteiger partial charge in [0.05, 0.1) is 5.56 Å². The van der Waals surface area contributed by atoms with E-state index in [2.05, 4.69) is 62.6 Å². The third kappa shape index (κ3) is 2.84. The molecule has 0 atom stereocenters. The number of hydrogen-bond acceptors (Lipinski definition) is 1. The molecule has 172 valence electrons. The van der Waals surface area contributed by atoms with Gasteiger partial charge in [0.15, 0.2) is 6.20 Å². The molecule has 0 N–H and O–H groups in total. The molecule has 0 amide bonds. The standard InChI is InChI=1S/C32H34NO/c1-19-18-20(2)26(24-10-8-9-17-33(24)7)30-25(19)22-13-11-21-12-14-23-28(27(21)29(22)34-30)32(5,6)16-15-31(23,3)4/h8-14,17-18H,15-16H2,1-7H3/q+1/i1D3. The van der Waals surface area contributed by atoms with E-state index in [1.807, 2.05) is 38.4 Å². The fourth-order valence-electron chi connectivity index (χ4n) is 6.20. The second kappa shape index (κ2) is 6.95. The lowest BCUT2D eigenvalue weighted by atomic mass is 9.62. The van der Waals surface area contributed by atoms with E-state index >= 15 is 0 Å². The molecule has 2 aromatic heterocycles. The molecule has 6 rings (SSSR count). The van der Waals surface area contributed by atoms with Gasteiger partial charge < -0.3 is 4.42 Å². The number of furan rings is 1. The van der Waals surface area contributed by atoms with Gasteiger partial charge in [-0.05, 0) is 77.2 Å². The first kappa shape index (κ1) is 18.2. The van der Waals surface area contributed by atoms with Gasteiger partial charge in [-0.25, -0.2) is 4.57 Å². The first-order chi connectivity index (χ1) is 17.3. The van der Waals surface area contributed by atoms with E-state index in [0.29, 0.717) is 16.5 Å². The zero-order valence-corrected chi connectivity index (χ0v) is 21.0. The number of rotatable bonds is 1. The van der Waals surface area contributed by atoms with Gasteiger partial charge >= 0.3 is 0 Å². The van der Waals surface area contributed by atoms with Crippen molar-refractivity contribution in [2.24, 2.45) is 7.05 Å². The van der Waals surface area contributed by atoms with Crippen molar-refractivity contribution in [2.45, 2.75) is 65.1 Å². The predicted molar refractivity (Wildman–Crippen MR) is 143 cm³/mol. The van der Waals surface area contributed by atoms with Gasteiger partial charge in [0.25, 0.3) is 0 Å². The molecule has 5 aromatic rings. The predicted octanol–water partition coefficient (Wildman–Crippen LogP) is 8.20. The van der Waals surface area contributed by atoms with Crippen LogP contribution in [0, 0.1) is 13.8 Å². The molecule has 2 nitrogen and oxygen atoms in total. The Bertz CT molecular complexity index is 1740. The van der Waals surface area contributed by atoms with Gasteiger partial charge in [-0.3, -0.25) is 0 Å². The van der Waals surface area contributed by atoms with Crippen molar-refractivity contribution in [3.63, 3.8) is 0 Å².